The number of esters is 1. The number of carbonyl (C=O) groups is 1. The zero-order valence-corrected chi connectivity index (χ0v) is 17.1. The van der Waals surface area contributed by atoms with Gasteiger partial charge in [0, 0.05) is 10.9 Å². The molecule has 1 aliphatic rings. The fourth-order valence-electron chi connectivity index (χ4n) is 3.44. The molecule has 0 fully saturated rings. The van der Waals surface area contributed by atoms with E-state index in [1.54, 1.807) is 32.4 Å². The minimum Gasteiger partial charge on any atom is -0.493 e. The van der Waals surface area contributed by atoms with Crippen LogP contribution in [0.1, 0.15) is 10.5 Å². The Morgan fingerprint density at radius 3 is 2.07 bits per heavy atom. The number of hydrogen-bond acceptors (Lipinski definition) is 8. The van der Waals surface area contributed by atoms with Gasteiger partial charge in [-0.2, -0.15) is 0 Å². The summed E-state index contributed by atoms with van der Waals surface area (Å²) >= 11 is 0. The lowest BCUT2D eigenvalue weighted by molar-refractivity contribution is 0.0594. The number of nitrogens with zero attached hydrogens (tertiary/aromatic N) is 1. The molecular formula is C22H21NO7. The molecule has 8 heteroatoms. The second-order valence-corrected chi connectivity index (χ2v) is 6.48. The number of carbonyl (C=O) groups excluding carboxylic acids is 1. The van der Waals surface area contributed by atoms with E-state index in [1.165, 1.54) is 14.2 Å². The van der Waals surface area contributed by atoms with Crippen molar-refractivity contribution in [3.05, 3.63) is 36.0 Å². The van der Waals surface area contributed by atoms with Crippen molar-refractivity contribution in [2.45, 2.75) is 0 Å². The zero-order valence-electron chi connectivity index (χ0n) is 17.1. The number of methoxy groups -OCH3 is 4. The molecule has 0 aliphatic carbocycles. The van der Waals surface area contributed by atoms with Gasteiger partial charge in [-0.15, -0.1) is 0 Å². The lowest BCUT2D eigenvalue weighted by atomic mass is 10.0. The minimum absolute atomic E-state index is 0.172. The van der Waals surface area contributed by atoms with Crippen LogP contribution in [0.25, 0.3) is 22.0 Å². The van der Waals surface area contributed by atoms with E-state index >= 15 is 0 Å². The van der Waals surface area contributed by atoms with Gasteiger partial charge in [0.2, 0.25) is 5.75 Å². The molecule has 2 aromatic carbocycles. The molecule has 30 heavy (non-hydrogen) atoms. The number of ether oxygens (including phenoxy) is 6. The van der Waals surface area contributed by atoms with E-state index < -0.39 is 5.97 Å². The Kier molecular flexibility index (Phi) is 5.22. The molecule has 0 spiro atoms. The van der Waals surface area contributed by atoms with Crippen LogP contribution in [0.3, 0.4) is 0 Å². The highest BCUT2D eigenvalue weighted by atomic mass is 16.6. The van der Waals surface area contributed by atoms with Gasteiger partial charge in [0.05, 0.1) is 34.1 Å². The molecule has 3 aromatic rings. The summed E-state index contributed by atoms with van der Waals surface area (Å²) in [5.41, 5.74) is 1.39. The van der Waals surface area contributed by atoms with E-state index in [1.807, 2.05) is 12.1 Å². The molecule has 0 atom stereocenters. The average molecular weight is 411 g/mol. The molecule has 0 bridgehead atoms. The monoisotopic (exact) mass is 411 g/mol. The Bertz CT molecular complexity index is 1100. The van der Waals surface area contributed by atoms with Crippen molar-refractivity contribution >= 4 is 16.7 Å². The Hall–Kier alpha value is -3.68. The van der Waals surface area contributed by atoms with E-state index in [0.29, 0.717) is 53.2 Å². The van der Waals surface area contributed by atoms with Crippen LogP contribution in [0.5, 0.6) is 28.7 Å². The molecule has 0 N–H and O–H groups in total. The maximum absolute atomic E-state index is 12.3. The second-order valence-electron chi connectivity index (χ2n) is 6.48. The van der Waals surface area contributed by atoms with Crippen molar-refractivity contribution in [1.82, 2.24) is 4.98 Å². The summed E-state index contributed by atoms with van der Waals surface area (Å²) in [5.74, 6) is 2.11. The van der Waals surface area contributed by atoms with Crippen molar-refractivity contribution in [2.24, 2.45) is 0 Å². The maximum atomic E-state index is 12.3. The van der Waals surface area contributed by atoms with Crippen molar-refractivity contribution in [3.8, 4) is 40.0 Å². The predicted molar refractivity (Wildman–Crippen MR) is 109 cm³/mol. The summed E-state index contributed by atoms with van der Waals surface area (Å²) < 4.78 is 32.7. The quantitative estimate of drug-likeness (QED) is 0.590. The number of hydrogen-bond donors (Lipinski definition) is 0. The first-order valence-electron chi connectivity index (χ1n) is 9.22. The summed E-state index contributed by atoms with van der Waals surface area (Å²) in [4.78, 5) is 16.8. The van der Waals surface area contributed by atoms with Crippen LogP contribution < -0.4 is 23.7 Å². The third-order valence-corrected chi connectivity index (χ3v) is 4.83. The third-order valence-electron chi connectivity index (χ3n) is 4.83. The van der Waals surface area contributed by atoms with Gasteiger partial charge in [0.1, 0.15) is 18.9 Å². The van der Waals surface area contributed by atoms with Crippen LogP contribution in [0.2, 0.25) is 0 Å². The molecule has 0 radical (unpaired) electrons. The van der Waals surface area contributed by atoms with Crippen molar-refractivity contribution in [2.75, 3.05) is 41.7 Å². The summed E-state index contributed by atoms with van der Waals surface area (Å²) in [6.45, 7) is 0.929. The van der Waals surface area contributed by atoms with Gasteiger partial charge >= 0.3 is 5.97 Å². The zero-order chi connectivity index (χ0) is 21.3. The van der Waals surface area contributed by atoms with Crippen molar-refractivity contribution < 1.29 is 33.2 Å². The van der Waals surface area contributed by atoms with E-state index in [4.69, 9.17) is 28.4 Å². The standard InChI is InChI=1S/C22H21NO7/c1-25-18-9-13(10-19(26-2)21(18)27-3)20-14-11-17-16(29-5-6-30-17)8-12(14)7-15(23-20)22(24)28-4/h7-11H,5-6H2,1-4H3. The van der Waals surface area contributed by atoms with E-state index in [2.05, 4.69) is 4.98 Å². The Labute approximate surface area is 173 Å². The molecule has 4 rings (SSSR count). The van der Waals surface area contributed by atoms with Crippen molar-refractivity contribution in [3.63, 3.8) is 0 Å². The van der Waals surface area contributed by atoms with Gasteiger partial charge in [-0.3, -0.25) is 0 Å². The SMILES string of the molecule is COC(=O)c1cc2cc3c(cc2c(-c2cc(OC)c(OC)c(OC)c2)n1)OCCO3. The highest BCUT2D eigenvalue weighted by Crippen LogP contribution is 2.44. The Morgan fingerprint density at radius 2 is 1.50 bits per heavy atom. The smallest absolute Gasteiger partial charge is 0.356 e. The summed E-state index contributed by atoms with van der Waals surface area (Å²) in [6.07, 6.45) is 0. The summed E-state index contributed by atoms with van der Waals surface area (Å²) in [6, 6.07) is 8.92. The second kappa shape index (κ2) is 7.98. The van der Waals surface area contributed by atoms with Crippen LogP contribution in [0.4, 0.5) is 0 Å². The van der Waals surface area contributed by atoms with E-state index in [9.17, 15) is 4.79 Å². The Morgan fingerprint density at radius 1 is 0.867 bits per heavy atom. The van der Waals surface area contributed by atoms with Gasteiger partial charge in [0.15, 0.2) is 23.0 Å². The summed E-state index contributed by atoms with van der Waals surface area (Å²) in [7, 11) is 5.93. The molecule has 0 amide bonds. The lowest BCUT2D eigenvalue weighted by Gasteiger charge is -2.20. The van der Waals surface area contributed by atoms with Crippen LogP contribution in [0, 0.1) is 0 Å². The molecule has 1 aromatic heterocycles. The third kappa shape index (κ3) is 3.30. The molecule has 0 unspecified atom stereocenters. The minimum atomic E-state index is -0.541. The number of pyridine rings is 1. The molecular weight excluding hydrogens is 390 g/mol. The van der Waals surface area contributed by atoms with Crippen LogP contribution in [0.15, 0.2) is 30.3 Å². The predicted octanol–water partition coefficient (Wildman–Crippen LogP) is 3.49. The largest absolute Gasteiger partial charge is 0.493 e. The summed E-state index contributed by atoms with van der Waals surface area (Å²) in [5, 5.41) is 1.54. The number of benzene rings is 2. The lowest BCUT2D eigenvalue weighted by Crippen LogP contribution is -2.15. The van der Waals surface area contributed by atoms with Gasteiger partial charge in [-0.25, -0.2) is 9.78 Å². The van der Waals surface area contributed by atoms with Crippen LogP contribution >= 0.6 is 0 Å². The number of fused-ring (bicyclic) bond motifs is 2. The number of aromatic nitrogens is 1. The molecule has 0 saturated heterocycles. The topological polar surface area (TPSA) is 85.3 Å². The highest BCUT2D eigenvalue weighted by Gasteiger charge is 2.21. The molecule has 1 aliphatic heterocycles. The van der Waals surface area contributed by atoms with Crippen molar-refractivity contribution in [1.29, 1.82) is 0 Å². The molecule has 156 valence electrons. The van der Waals surface area contributed by atoms with Gasteiger partial charge in [-0.1, -0.05) is 0 Å². The first-order chi connectivity index (χ1) is 14.6. The maximum Gasteiger partial charge on any atom is 0.356 e. The fraction of sp³-hybridized carbons (Fsp3) is 0.273. The van der Waals surface area contributed by atoms with E-state index in [-0.39, 0.29) is 5.69 Å². The molecule has 2 heterocycles. The average Bonchev–Trinajstić information content (AvgIpc) is 2.80. The first kappa shape index (κ1) is 19.6. The molecule has 8 nitrogen and oxygen atoms in total. The number of rotatable bonds is 5. The van der Waals surface area contributed by atoms with Gasteiger partial charge in [-0.05, 0) is 35.7 Å². The van der Waals surface area contributed by atoms with Crippen LogP contribution in [-0.4, -0.2) is 52.6 Å². The van der Waals surface area contributed by atoms with Gasteiger partial charge in [0.25, 0.3) is 0 Å². The normalized spacial score (nSPS) is 12.4. The van der Waals surface area contributed by atoms with Gasteiger partial charge < -0.3 is 28.4 Å². The highest BCUT2D eigenvalue weighted by molar-refractivity contribution is 6.01. The molecule has 0 saturated carbocycles. The Balaban J connectivity index is 2.02. The fourth-order valence-corrected chi connectivity index (χ4v) is 3.44. The van der Waals surface area contributed by atoms with E-state index in [0.717, 1.165) is 10.8 Å². The first-order valence-corrected chi connectivity index (χ1v) is 9.22. The van der Waals surface area contributed by atoms with Crippen LogP contribution in [-0.2, 0) is 4.74 Å².